The van der Waals surface area contributed by atoms with Crippen molar-refractivity contribution in [3.05, 3.63) is 29.6 Å². The van der Waals surface area contributed by atoms with Gasteiger partial charge >= 0.3 is 0 Å². The van der Waals surface area contributed by atoms with Crippen LogP contribution in [0.3, 0.4) is 0 Å². The first-order valence-electron chi connectivity index (χ1n) is 7.37. The lowest BCUT2D eigenvalue weighted by atomic mass is 10.1. The lowest BCUT2D eigenvalue weighted by Crippen LogP contribution is -2.39. The Bertz CT molecular complexity index is 747. The monoisotopic (exact) mass is 332 g/mol. The average Bonchev–Trinajstić information content (AvgIpc) is 2.99. The molecule has 0 radical (unpaired) electrons. The molecule has 1 saturated heterocycles. The fourth-order valence-corrected chi connectivity index (χ4v) is 3.55. The normalized spacial score (nSPS) is 15.5. The van der Waals surface area contributed by atoms with Gasteiger partial charge in [0, 0.05) is 24.7 Å². The maximum Gasteiger partial charge on any atom is 0.203 e. The lowest BCUT2D eigenvalue weighted by Gasteiger charge is -2.29. The number of ether oxygens (including phenoxy) is 1. The molecule has 1 aromatic heterocycles. The first-order chi connectivity index (χ1) is 11.1. The number of halogens is 1. The van der Waals surface area contributed by atoms with Crippen LogP contribution in [0.1, 0.15) is 18.4 Å². The molecule has 120 valence electrons. The van der Waals surface area contributed by atoms with Crippen LogP contribution in [0, 0.1) is 17.1 Å². The molecule has 7 heteroatoms. The number of rotatable bonds is 3. The van der Waals surface area contributed by atoms with Crippen molar-refractivity contribution >= 4 is 16.5 Å². The van der Waals surface area contributed by atoms with E-state index < -0.39 is 5.82 Å². The highest BCUT2D eigenvalue weighted by molar-refractivity contribution is 7.17. The van der Waals surface area contributed by atoms with E-state index >= 15 is 0 Å². The van der Waals surface area contributed by atoms with E-state index in [4.69, 9.17) is 15.7 Å². The fraction of sp³-hybridized carbons (Fsp3) is 0.375. The number of nitriles is 1. The van der Waals surface area contributed by atoms with E-state index in [0.29, 0.717) is 16.3 Å². The molecule has 0 bridgehead atoms. The molecular formula is C16H17FN4OS. The standard InChI is InChI=1S/C16H17FN4OS/c1-22-15-14(10-2-3-11(9-18)13(17)8-10)20-16(23-15)21-6-4-12(19)5-7-21/h2-3,8,12H,4-7,19H2,1H3. The van der Waals surface area contributed by atoms with E-state index in [1.54, 1.807) is 13.2 Å². The Hall–Kier alpha value is -2.17. The Kier molecular flexibility index (Phi) is 4.46. The van der Waals surface area contributed by atoms with Crippen LogP contribution in [0.25, 0.3) is 11.3 Å². The molecule has 23 heavy (non-hydrogen) atoms. The van der Waals surface area contributed by atoms with Gasteiger partial charge < -0.3 is 15.4 Å². The average molecular weight is 332 g/mol. The second kappa shape index (κ2) is 6.52. The predicted octanol–water partition coefficient (Wildman–Crippen LogP) is 2.76. The van der Waals surface area contributed by atoms with Crippen molar-refractivity contribution in [2.24, 2.45) is 5.73 Å². The summed E-state index contributed by atoms with van der Waals surface area (Å²) in [7, 11) is 1.58. The third-order valence-electron chi connectivity index (χ3n) is 3.94. The van der Waals surface area contributed by atoms with Crippen molar-refractivity contribution in [2.45, 2.75) is 18.9 Å². The Morgan fingerprint density at radius 3 is 2.78 bits per heavy atom. The number of anilines is 1. The summed E-state index contributed by atoms with van der Waals surface area (Å²) in [5.74, 6) is -0.550. The van der Waals surface area contributed by atoms with Gasteiger partial charge in [-0.15, -0.1) is 0 Å². The van der Waals surface area contributed by atoms with Gasteiger partial charge in [-0.2, -0.15) is 5.26 Å². The molecule has 0 aliphatic carbocycles. The quantitative estimate of drug-likeness (QED) is 0.935. The Morgan fingerprint density at radius 2 is 2.17 bits per heavy atom. The van der Waals surface area contributed by atoms with Crippen LogP contribution in [0.2, 0.25) is 0 Å². The van der Waals surface area contributed by atoms with Gasteiger partial charge in [0.1, 0.15) is 17.6 Å². The number of benzene rings is 1. The summed E-state index contributed by atoms with van der Waals surface area (Å²) in [5.41, 5.74) is 7.17. The minimum absolute atomic E-state index is 0.0215. The first kappa shape index (κ1) is 15.7. The SMILES string of the molecule is COc1sc(N2CCC(N)CC2)nc1-c1ccc(C#N)c(F)c1. The molecule has 1 aromatic carbocycles. The number of nitrogens with zero attached hydrogens (tertiary/aromatic N) is 3. The zero-order chi connectivity index (χ0) is 16.4. The number of hydrogen-bond acceptors (Lipinski definition) is 6. The van der Waals surface area contributed by atoms with Crippen LogP contribution < -0.4 is 15.4 Å². The van der Waals surface area contributed by atoms with Gasteiger partial charge in [-0.05, 0) is 25.0 Å². The zero-order valence-corrected chi connectivity index (χ0v) is 13.6. The molecule has 0 amide bonds. The second-order valence-electron chi connectivity index (χ2n) is 5.47. The molecular weight excluding hydrogens is 315 g/mol. The molecule has 0 saturated carbocycles. The Labute approximate surface area is 138 Å². The van der Waals surface area contributed by atoms with Crippen molar-refractivity contribution in [2.75, 3.05) is 25.1 Å². The largest absolute Gasteiger partial charge is 0.486 e. The number of nitrogens with two attached hydrogens (primary N) is 1. The topological polar surface area (TPSA) is 75.2 Å². The Balaban J connectivity index is 1.93. The van der Waals surface area contributed by atoms with Crippen LogP contribution >= 0.6 is 11.3 Å². The van der Waals surface area contributed by atoms with Crippen LogP contribution in [-0.2, 0) is 0 Å². The van der Waals surface area contributed by atoms with Crippen molar-refractivity contribution in [1.29, 1.82) is 5.26 Å². The summed E-state index contributed by atoms with van der Waals surface area (Å²) in [5, 5.41) is 10.3. The van der Waals surface area contributed by atoms with E-state index in [1.807, 2.05) is 6.07 Å². The third kappa shape index (κ3) is 3.14. The molecule has 1 aliphatic rings. The Morgan fingerprint density at radius 1 is 1.43 bits per heavy atom. The fourth-order valence-electron chi connectivity index (χ4n) is 2.60. The van der Waals surface area contributed by atoms with E-state index in [0.717, 1.165) is 31.1 Å². The minimum atomic E-state index is -0.550. The summed E-state index contributed by atoms with van der Waals surface area (Å²) in [4.78, 5) is 6.81. The first-order valence-corrected chi connectivity index (χ1v) is 8.19. The molecule has 2 heterocycles. The predicted molar refractivity (Wildman–Crippen MR) is 88.2 cm³/mol. The minimum Gasteiger partial charge on any atom is -0.486 e. The molecule has 1 aliphatic heterocycles. The van der Waals surface area contributed by atoms with Crippen molar-refractivity contribution < 1.29 is 9.13 Å². The molecule has 2 N–H and O–H groups in total. The van der Waals surface area contributed by atoms with Gasteiger partial charge in [0.2, 0.25) is 5.06 Å². The zero-order valence-electron chi connectivity index (χ0n) is 12.8. The van der Waals surface area contributed by atoms with E-state index in [2.05, 4.69) is 9.88 Å². The number of piperidine rings is 1. The smallest absolute Gasteiger partial charge is 0.203 e. The van der Waals surface area contributed by atoms with Gasteiger partial charge in [0.25, 0.3) is 0 Å². The molecule has 5 nitrogen and oxygen atoms in total. The lowest BCUT2D eigenvalue weighted by molar-refractivity contribution is 0.427. The van der Waals surface area contributed by atoms with E-state index in [9.17, 15) is 4.39 Å². The number of methoxy groups -OCH3 is 1. The summed E-state index contributed by atoms with van der Waals surface area (Å²) < 4.78 is 19.3. The molecule has 0 atom stereocenters. The van der Waals surface area contributed by atoms with Crippen molar-refractivity contribution in [1.82, 2.24) is 4.98 Å². The molecule has 2 aromatic rings. The number of thiazole rings is 1. The number of aromatic nitrogens is 1. The van der Waals surface area contributed by atoms with Crippen LogP contribution in [0.15, 0.2) is 18.2 Å². The maximum absolute atomic E-state index is 13.9. The third-order valence-corrected chi connectivity index (χ3v) is 5.02. The van der Waals surface area contributed by atoms with Gasteiger partial charge in [-0.3, -0.25) is 0 Å². The van der Waals surface area contributed by atoms with E-state index in [1.165, 1.54) is 23.5 Å². The van der Waals surface area contributed by atoms with Crippen molar-refractivity contribution in [3.8, 4) is 22.4 Å². The van der Waals surface area contributed by atoms with Gasteiger partial charge in [-0.25, -0.2) is 9.37 Å². The molecule has 3 rings (SSSR count). The summed E-state index contributed by atoms with van der Waals surface area (Å²) in [6.45, 7) is 1.72. The van der Waals surface area contributed by atoms with Gasteiger partial charge in [0.05, 0.1) is 12.7 Å². The van der Waals surface area contributed by atoms with Crippen LogP contribution in [0.4, 0.5) is 9.52 Å². The molecule has 0 spiro atoms. The highest BCUT2D eigenvalue weighted by Crippen LogP contribution is 2.40. The maximum atomic E-state index is 13.9. The summed E-state index contributed by atoms with van der Waals surface area (Å²) in [6, 6.07) is 6.55. The molecule has 0 unspecified atom stereocenters. The van der Waals surface area contributed by atoms with E-state index in [-0.39, 0.29) is 11.6 Å². The summed E-state index contributed by atoms with van der Waals surface area (Å²) in [6.07, 6.45) is 1.87. The van der Waals surface area contributed by atoms with Crippen LogP contribution in [0.5, 0.6) is 5.06 Å². The van der Waals surface area contributed by atoms with Crippen LogP contribution in [-0.4, -0.2) is 31.2 Å². The number of hydrogen-bond donors (Lipinski definition) is 1. The second-order valence-corrected chi connectivity index (χ2v) is 6.41. The van der Waals surface area contributed by atoms with Gasteiger partial charge in [0.15, 0.2) is 5.13 Å². The van der Waals surface area contributed by atoms with Crippen molar-refractivity contribution in [3.63, 3.8) is 0 Å². The van der Waals surface area contributed by atoms with Gasteiger partial charge in [-0.1, -0.05) is 17.4 Å². The summed E-state index contributed by atoms with van der Waals surface area (Å²) >= 11 is 1.44. The molecule has 1 fully saturated rings. The highest BCUT2D eigenvalue weighted by atomic mass is 32.1. The highest BCUT2D eigenvalue weighted by Gasteiger charge is 2.22.